The van der Waals surface area contributed by atoms with Crippen molar-refractivity contribution in [1.82, 2.24) is 5.09 Å². The second-order valence-corrected chi connectivity index (χ2v) is 8.31. The van der Waals surface area contributed by atoms with E-state index >= 15 is 0 Å². The van der Waals surface area contributed by atoms with E-state index in [1.165, 1.54) is 7.11 Å². The van der Waals surface area contributed by atoms with Crippen molar-refractivity contribution in [2.45, 2.75) is 38.9 Å². The standard InChI is InChI=1S/C18H24NO4P/c1-5-13(2)24(21,19-14(3)18(20)22-4)23-17-12-8-10-15-9-6-7-11-16(15)17/h6-14H,5H2,1-4H3,(H,19,21). The zero-order valence-electron chi connectivity index (χ0n) is 14.5. The molecule has 0 saturated carbocycles. The van der Waals surface area contributed by atoms with E-state index in [1.54, 1.807) is 13.0 Å². The van der Waals surface area contributed by atoms with Crippen molar-refractivity contribution >= 4 is 24.3 Å². The summed E-state index contributed by atoms with van der Waals surface area (Å²) in [7, 11) is -2.00. The van der Waals surface area contributed by atoms with Crippen molar-refractivity contribution < 1.29 is 18.6 Å². The number of carbonyl (C=O) groups excluding carboxylic acids is 1. The third kappa shape index (κ3) is 3.97. The summed E-state index contributed by atoms with van der Waals surface area (Å²) < 4.78 is 24.1. The van der Waals surface area contributed by atoms with Gasteiger partial charge in [-0.2, -0.15) is 0 Å². The molecule has 6 heteroatoms. The molecule has 0 amide bonds. The molecule has 0 fully saturated rings. The summed E-state index contributed by atoms with van der Waals surface area (Å²) in [5.74, 6) is 0.0707. The Morgan fingerprint density at radius 1 is 1.17 bits per heavy atom. The van der Waals surface area contributed by atoms with Gasteiger partial charge in [-0.15, -0.1) is 0 Å². The van der Waals surface area contributed by atoms with Crippen LogP contribution in [-0.2, 0) is 14.1 Å². The van der Waals surface area contributed by atoms with Crippen LogP contribution in [0, 0.1) is 0 Å². The molecule has 0 spiro atoms. The van der Waals surface area contributed by atoms with Crippen molar-refractivity contribution in [2.24, 2.45) is 0 Å². The number of nitrogens with one attached hydrogen (secondary N) is 1. The number of benzene rings is 2. The predicted octanol–water partition coefficient (Wildman–Crippen LogP) is 4.36. The van der Waals surface area contributed by atoms with Crippen LogP contribution in [0.1, 0.15) is 27.2 Å². The van der Waals surface area contributed by atoms with Crippen LogP contribution < -0.4 is 9.61 Å². The Labute approximate surface area is 142 Å². The van der Waals surface area contributed by atoms with Crippen LogP contribution in [0.15, 0.2) is 42.5 Å². The largest absolute Gasteiger partial charge is 0.468 e. The molecule has 0 radical (unpaired) electrons. The van der Waals surface area contributed by atoms with Crippen LogP contribution in [0.3, 0.4) is 0 Å². The smallest absolute Gasteiger partial charge is 0.323 e. The van der Waals surface area contributed by atoms with E-state index in [-0.39, 0.29) is 5.66 Å². The minimum atomic E-state index is -3.31. The number of ether oxygens (including phenoxy) is 1. The van der Waals surface area contributed by atoms with Gasteiger partial charge in [-0.1, -0.05) is 50.2 Å². The first-order valence-corrected chi connectivity index (χ1v) is 9.73. The second kappa shape index (κ2) is 7.82. The van der Waals surface area contributed by atoms with Crippen LogP contribution in [0.2, 0.25) is 0 Å². The number of hydrogen-bond donors (Lipinski definition) is 1. The molecule has 0 saturated heterocycles. The molecule has 0 aromatic heterocycles. The summed E-state index contributed by atoms with van der Waals surface area (Å²) in [5.41, 5.74) is -0.247. The molecular formula is C18H24NO4P. The molecule has 5 nitrogen and oxygen atoms in total. The molecule has 0 aliphatic heterocycles. The van der Waals surface area contributed by atoms with Crippen molar-refractivity contribution in [3.8, 4) is 5.75 Å². The molecule has 0 aliphatic carbocycles. The number of rotatable bonds is 7. The third-order valence-electron chi connectivity index (χ3n) is 4.08. The van der Waals surface area contributed by atoms with Crippen LogP contribution in [-0.4, -0.2) is 24.8 Å². The SMILES string of the molecule is CCC(C)P(=O)(NC(C)C(=O)OC)Oc1cccc2ccccc12. The summed E-state index contributed by atoms with van der Waals surface area (Å²) in [6, 6.07) is 12.7. The Balaban J connectivity index is 2.38. The van der Waals surface area contributed by atoms with Crippen molar-refractivity contribution in [2.75, 3.05) is 7.11 Å². The fourth-order valence-corrected chi connectivity index (χ4v) is 4.47. The first kappa shape index (κ1) is 18.5. The minimum Gasteiger partial charge on any atom is -0.468 e. The molecule has 3 unspecified atom stereocenters. The molecule has 0 aliphatic rings. The maximum Gasteiger partial charge on any atom is 0.323 e. The predicted molar refractivity (Wildman–Crippen MR) is 96.5 cm³/mol. The molecule has 3 atom stereocenters. The fourth-order valence-electron chi connectivity index (χ4n) is 2.40. The van der Waals surface area contributed by atoms with E-state index in [4.69, 9.17) is 9.26 Å². The highest BCUT2D eigenvalue weighted by atomic mass is 31.2. The lowest BCUT2D eigenvalue weighted by Crippen LogP contribution is -2.36. The molecule has 2 aromatic rings. The highest BCUT2D eigenvalue weighted by Crippen LogP contribution is 2.50. The average Bonchev–Trinajstić information content (AvgIpc) is 2.60. The summed E-state index contributed by atoms with van der Waals surface area (Å²) in [5, 5.41) is 4.76. The van der Waals surface area contributed by atoms with Gasteiger partial charge in [0.2, 0.25) is 0 Å². The van der Waals surface area contributed by atoms with Gasteiger partial charge >= 0.3 is 13.5 Å². The van der Waals surface area contributed by atoms with Crippen molar-refractivity contribution in [3.05, 3.63) is 42.5 Å². The lowest BCUT2D eigenvalue weighted by molar-refractivity contribution is -0.142. The topological polar surface area (TPSA) is 64.6 Å². The van der Waals surface area contributed by atoms with Gasteiger partial charge in [0.15, 0.2) is 0 Å². The highest BCUT2D eigenvalue weighted by molar-refractivity contribution is 7.58. The van der Waals surface area contributed by atoms with Crippen LogP contribution in [0.5, 0.6) is 5.75 Å². The number of hydrogen-bond acceptors (Lipinski definition) is 4. The van der Waals surface area contributed by atoms with Crippen molar-refractivity contribution in [3.63, 3.8) is 0 Å². The minimum absolute atomic E-state index is 0.247. The van der Waals surface area contributed by atoms with Gasteiger partial charge in [0.05, 0.1) is 12.8 Å². The summed E-state index contributed by atoms with van der Waals surface area (Å²) in [6.45, 7) is 5.41. The zero-order chi connectivity index (χ0) is 17.7. The molecule has 2 rings (SSSR count). The van der Waals surface area contributed by atoms with Gasteiger partial charge in [0.25, 0.3) is 0 Å². The van der Waals surface area contributed by atoms with E-state index in [0.717, 1.165) is 10.8 Å². The van der Waals surface area contributed by atoms with E-state index in [0.29, 0.717) is 12.2 Å². The van der Waals surface area contributed by atoms with Crippen LogP contribution >= 0.6 is 7.52 Å². The van der Waals surface area contributed by atoms with Gasteiger partial charge < -0.3 is 9.26 Å². The first-order chi connectivity index (χ1) is 11.4. The Morgan fingerprint density at radius 3 is 2.50 bits per heavy atom. The molecule has 2 aromatic carbocycles. The van der Waals surface area contributed by atoms with E-state index in [9.17, 15) is 9.36 Å². The number of methoxy groups -OCH3 is 1. The Hall–Kier alpha value is -1.84. The zero-order valence-corrected chi connectivity index (χ0v) is 15.4. The van der Waals surface area contributed by atoms with Crippen LogP contribution in [0.25, 0.3) is 10.8 Å². The monoisotopic (exact) mass is 349 g/mol. The van der Waals surface area contributed by atoms with E-state index < -0.39 is 19.5 Å². The fraction of sp³-hybridized carbons (Fsp3) is 0.389. The average molecular weight is 349 g/mol. The maximum absolute atomic E-state index is 13.4. The summed E-state index contributed by atoms with van der Waals surface area (Å²) >= 11 is 0. The Bertz CT molecular complexity index is 756. The lowest BCUT2D eigenvalue weighted by Gasteiger charge is -2.28. The normalized spacial score (nSPS) is 16.2. The first-order valence-electron chi connectivity index (χ1n) is 8.04. The van der Waals surface area contributed by atoms with Gasteiger partial charge in [-0.3, -0.25) is 9.36 Å². The van der Waals surface area contributed by atoms with E-state index in [2.05, 4.69) is 5.09 Å². The van der Waals surface area contributed by atoms with E-state index in [1.807, 2.05) is 50.2 Å². The number of fused-ring (bicyclic) bond motifs is 1. The lowest BCUT2D eigenvalue weighted by atomic mass is 10.1. The molecular weight excluding hydrogens is 325 g/mol. The number of carbonyl (C=O) groups is 1. The molecule has 0 bridgehead atoms. The second-order valence-electron chi connectivity index (χ2n) is 5.80. The summed E-state index contributed by atoms with van der Waals surface area (Å²) in [6.07, 6.45) is 0.656. The highest BCUT2D eigenvalue weighted by Gasteiger charge is 2.35. The Kier molecular flexibility index (Phi) is 6.03. The van der Waals surface area contributed by atoms with Crippen molar-refractivity contribution in [1.29, 1.82) is 0 Å². The third-order valence-corrected chi connectivity index (χ3v) is 6.82. The van der Waals surface area contributed by atoms with Crippen LogP contribution in [0.4, 0.5) is 0 Å². The van der Waals surface area contributed by atoms with Gasteiger partial charge in [0.1, 0.15) is 11.8 Å². The summed E-state index contributed by atoms with van der Waals surface area (Å²) in [4.78, 5) is 11.7. The molecule has 24 heavy (non-hydrogen) atoms. The molecule has 130 valence electrons. The van der Waals surface area contributed by atoms with Gasteiger partial charge in [-0.25, -0.2) is 5.09 Å². The van der Waals surface area contributed by atoms with Gasteiger partial charge in [-0.05, 0) is 24.8 Å². The molecule has 0 heterocycles. The molecule has 1 N–H and O–H groups in total. The number of esters is 1. The van der Waals surface area contributed by atoms with Gasteiger partial charge in [0, 0.05) is 5.39 Å². The Morgan fingerprint density at radius 2 is 1.83 bits per heavy atom. The quantitative estimate of drug-likeness (QED) is 0.594. The maximum atomic E-state index is 13.4.